The van der Waals surface area contributed by atoms with E-state index in [-0.39, 0.29) is 0 Å². The first-order valence-corrected chi connectivity index (χ1v) is 10.9. The Morgan fingerprint density at radius 2 is 1.52 bits per heavy atom. The molecular formula is C24H19ClN2O3S. The molecule has 156 valence electrons. The number of rotatable bonds is 6. The molecule has 2 amide bonds. The van der Waals surface area contributed by atoms with Crippen molar-refractivity contribution < 1.29 is 14.3 Å². The van der Waals surface area contributed by atoms with Crippen LogP contribution < -0.4 is 15.6 Å². The number of hydrogen-bond acceptors (Lipinski definition) is 4. The first-order chi connectivity index (χ1) is 15.1. The summed E-state index contributed by atoms with van der Waals surface area (Å²) in [5.41, 5.74) is 6.45. The van der Waals surface area contributed by atoms with Crippen LogP contribution in [0.4, 0.5) is 0 Å². The number of hydrogen-bond donors (Lipinski definition) is 2. The lowest BCUT2D eigenvalue weighted by molar-refractivity contribution is 0.0849. The molecule has 1 aromatic heterocycles. The Labute approximate surface area is 188 Å². The highest BCUT2D eigenvalue weighted by Crippen LogP contribution is 2.34. The largest absolute Gasteiger partial charge is 0.493 e. The Morgan fingerprint density at radius 3 is 2.26 bits per heavy atom. The van der Waals surface area contributed by atoms with Crippen LogP contribution in [0.15, 0.2) is 78.9 Å². The molecule has 5 nitrogen and oxygen atoms in total. The predicted octanol–water partition coefficient (Wildman–Crippen LogP) is 5.25. The molecule has 0 atom stereocenters. The molecule has 0 aliphatic heterocycles. The topological polar surface area (TPSA) is 67.4 Å². The van der Waals surface area contributed by atoms with Crippen molar-refractivity contribution in [1.82, 2.24) is 10.9 Å². The van der Waals surface area contributed by atoms with Crippen molar-refractivity contribution in [2.75, 3.05) is 6.61 Å². The lowest BCUT2D eigenvalue weighted by Gasteiger charge is -2.09. The summed E-state index contributed by atoms with van der Waals surface area (Å²) >= 11 is 7.58. The maximum absolute atomic E-state index is 12.4. The SMILES string of the molecule is O=C(NNC(=O)c1sc2ccccc2c1Cl)c1ccc(OCCc2ccccc2)cc1. The highest BCUT2D eigenvalue weighted by molar-refractivity contribution is 7.21. The van der Waals surface area contributed by atoms with Crippen LogP contribution in [0.25, 0.3) is 10.1 Å². The molecule has 0 aliphatic carbocycles. The number of fused-ring (bicyclic) bond motifs is 1. The Hall–Kier alpha value is -3.35. The molecule has 1 heterocycles. The molecule has 4 rings (SSSR count). The fourth-order valence-corrected chi connectivity index (χ4v) is 4.45. The third-order valence-corrected chi connectivity index (χ3v) is 6.32. The number of carbonyl (C=O) groups is 2. The maximum atomic E-state index is 12.4. The third-order valence-electron chi connectivity index (χ3n) is 4.65. The van der Waals surface area contributed by atoms with E-state index in [2.05, 4.69) is 23.0 Å². The van der Waals surface area contributed by atoms with Crippen LogP contribution in [0.5, 0.6) is 5.75 Å². The van der Waals surface area contributed by atoms with Crippen LogP contribution in [0.3, 0.4) is 0 Å². The van der Waals surface area contributed by atoms with Gasteiger partial charge in [-0.3, -0.25) is 20.4 Å². The Bertz CT molecular complexity index is 1210. The van der Waals surface area contributed by atoms with Crippen molar-refractivity contribution in [2.45, 2.75) is 6.42 Å². The van der Waals surface area contributed by atoms with Gasteiger partial charge in [0.15, 0.2) is 0 Å². The molecule has 0 fully saturated rings. The number of hydrazine groups is 1. The average molecular weight is 451 g/mol. The monoisotopic (exact) mass is 450 g/mol. The number of nitrogens with one attached hydrogen (secondary N) is 2. The maximum Gasteiger partial charge on any atom is 0.281 e. The quantitative estimate of drug-likeness (QED) is 0.394. The van der Waals surface area contributed by atoms with E-state index in [0.717, 1.165) is 16.5 Å². The Morgan fingerprint density at radius 1 is 0.839 bits per heavy atom. The van der Waals surface area contributed by atoms with Crippen LogP contribution in [0.2, 0.25) is 5.02 Å². The summed E-state index contributed by atoms with van der Waals surface area (Å²) in [6.45, 7) is 0.543. The number of amides is 2. The molecule has 0 radical (unpaired) electrons. The number of halogens is 1. The van der Waals surface area contributed by atoms with Gasteiger partial charge in [0.05, 0.1) is 11.6 Å². The standard InChI is InChI=1S/C24H19ClN2O3S/c25-21-19-8-4-5-9-20(19)31-22(21)24(29)27-26-23(28)17-10-12-18(13-11-17)30-15-14-16-6-2-1-3-7-16/h1-13H,14-15H2,(H,26,28)(H,27,29). The molecule has 0 saturated carbocycles. The third kappa shape index (κ3) is 5.05. The molecule has 0 spiro atoms. The number of benzene rings is 3. The second-order valence-corrected chi connectivity index (χ2v) is 8.19. The molecule has 0 bridgehead atoms. The van der Waals surface area contributed by atoms with Gasteiger partial charge in [0.1, 0.15) is 10.6 Å². The van der Waals surface area contributed by atoms with E-state index in [9.17, 15) is 9.59 Å². The summed E-state index contributed by atoms with van der Waals surface area (Å²) in [6.07, 6.45) is 0.801. The molecule has 0 aliphatic rings. The van der Waals surface area contributed by atoms with E-state index < -0.39 is 11.8 Å². The van der Waals surface area contributed by atoms with E-state index in [0.29, 0.717) is 27.8 Å². The van der Waals surface area contributed by atoms with Gasteiger partial charge in [-0.2, -0.15) is 0 Å². The molecule has 4 aromatic rings. The molecular weight excluding hydrogens is 432 g/mol. The van der Waals surface area contributed by atoms with E-state index in [1.54, 1.807) is 24.3 Å². The zero-order valence-corrected chi connectivity index (χ0v) is 18.0. The molecule has 0 unspecified atom stereocenters. The summed E-state index contributed by atoms with van der Waals surface area (Å²) in [6, 6.07) is 24.3. The molecule has 2 N–H and O–H groups in total. The van der Waals surface area contributed by atoms with Crippen molar-refractivity contribution >= 4 is 44.8 Å². The Balaban J connectivity index is 1.30. The fraction of sp³-hybridized carbons (Fsp3) is 0.0833. The van der Waals surface area contributed by atoms with E-state index >= 15 is 0 Å². The lowest BCUT2D eigenvalue weighted by Crippen LogP contribution is -2.41. The highest BCUT2D eigenvalue weighted by atomic mass is 35.5. The van der Waals surface area contributed by atoms with Crippen molar-refractivity contribution in [3.05, 3.63) is 99.9 Å². The van der Waals surface area contributed by atoms with Crippen LogP contribution in [0, 0.1) is 0 Å². The minimum Gasteiger partial charge on any atom is -0.493 e. The minimum absolute atomic E-state index is 0.352. The lowest BCUT2D eigenvalue weighted by atomic mass is 10.2. The van der Waals surface area contributed by atoms with E-state index in [1.807, 2.05) is 42.5 Å². The van der Waals surface area contributed by atoms with Crippen molar-refractivity contribution in [1.29, 1.82) is 0 Å². The second kappa shape index (κ2) is 9.64. The highest BCUT2D eigenvalue weighted by Gasteiger charge is 2.17. The molecule has 0 saturated heterocycles. The minimum atomic E-state index is -0.458. The first-order valence-electron chi connectivity index (χ1n) is 9.66. The van der Waals surface area contributed by atoms with Crippen molar-refractivity contribution in [2.24, 2.45) is 0 Å². The van der Waals surface area contributed by atoms with Gasteiger partial charge in [0.25, 0.3) is 11.8 Å². The zero-order chi connectivity index (χ0) is 21.6. The summed E-state index contributed by atoms with van der Waals surface area (Å²) in [5, 5.41) is 1.19. The normalized spacial score (nSPS) is 10.6. The summed E-state index contributed by atoms with van der Waals surface area (Å²) in [5.74, 6) is -0.213. The summed E-state index contributed by atoms with van der Waals surface area (Å²) < 4.78 is 6.64. The molecule has 7 heteroatoms. The van der Waals surface area contributed by atoms with E-state index in [1.165, 1.54) is 16.9 Å². The molecule has 3 aromatic carbocycles. The van der Waals surface area contributed by atoms with Crippen molar-refractivity contribution in [3.8, 4) is 5.75 Å². The van der Waals surface area contributed by atoms with Gasteiger partial charge in [-0.1, -0.05) is 60.1 Å². The first kappa shape index (κ1) is 20.9. The summed E-state index contributed by atoms with van der Waals surface area (Å²) in [4.78, 5) is 25.1. The van der Waals surface area contributed by atoms with Gasteiger partial charge in [0.2, 0.25) is 0 Å². The molecule has 31 heavy (non-hydrogen) atoms. The van der Waals surface area contributed by atoms with Gasteiger partial charge >= 0.3 is 0 Å². The zero-order valence-electron chi connectivity index (χ0n) is 16.4. The smallest absolute Gasteiger partial charge is 0.281 e. The van der Waals surface area contributed by atoms with Crippen LogP contribution in [-0.4, -0.2) is 18.4 Å². The Kier molecular flexibility index (Phi) is 6.50. The number of carbonyl (C=O) groups excluding carboxylic acids is 2. The fourth-order valence-electron chi connectivity index (χ4n) is 3.04. The van der Waals surface area contributed by atoms with Gasteiger partial charge in [-0.15, -0.1) is 11.3 Å². The second-order valence-electron chi connectivity index (χ2n) is 6.76. The average Bonchev–Trinajstić information content (AvgIpc) is 3.15. The van der Waals surface area contributed by atoms with Crippen LogP contribution >= 0.6 is 22.9 Å². The van der Waals surface area contributed by atoms with Gasteiger partial charge in [0, 0.05) is 22.1 Å². The van der Waals surface area contributed by atoms with Gasteiger partial charge in [-0.05, 0) is 35.9 Å². The number of thiophene rings is 1. The van der Waals surface area contributed by atoms with Crippen molar-refractivity contribution in [3.63, 3.8) is 0 Å². The number of ether oxygens (including phenoxy) is 1. The summed E-state index contributed by atoms with van der Waals surface area (Å²) in [7, 11) is 0. The van der Waals surface area contributed by atoms with Crippen LogP contribution in [0.1, 0.15) is 25.6 Å². The van der Waals surface area contributed by atoms with Crippen LogP contribution in [-0.2, 0) is 6.42 Å². The predicted molar refractivity (Wildman–Crippen MR) is 124 cm³/mol. The van der Waals surface area contributed by atoms with Gasteiger partial charge < -0.3 is 4.74 Å². The van der Waals surface area contributed by atoms with E-state index in [4.69, 9.17) is 16.3 Å². The van der Waals surface area contributed by atoms with Gasteiger partial charge in [-0.25, -0.2) is 0 Å².